The summed E-state index contributed by atoms with van der Waals surface area (Å²) in [6.07, 6.45) is 0. The van der Waals surface area contributed by atoms with E-state index >= 15 is 0 Å². The number of anilines is 1. The molecule has 0 unspecified atom stereocenters. The minimum atomic E-state index is -0.598. The maximum Gasteiger partial charge on any atom is 0.293 e. The van der Waals surface area contributed by atoms with Crippen LogP contribution in [0.5, 0.6) is 5.75 Å². The van der Waals surface area contributed by atoms with Gasteiger partial charge in [0.1, 0.15) is 17.3 Å². The molecule has 0 spiro atoms. The van der Waals surface area contributed by atoms with Crippen molar-refractivity contribution in [3.05, 3.63) is 62.4 Å². The second kappa shape index (κ2) is 7.27. The molecule has 0 radical (unpaired) electrons. The lowest BCUT2D eigenvalue weighted by molar-refractivity contribution is -0.384. The highest BCUT2D eigenvalue weighted by Crippen LogP contribution is 2.28. The fourth-order valence-corrected chi connectivity index (χ4v) is 2.12. The van der Waals surface area contributed by atoms with Crippen LogP contribution in [-0.4, -0.2) is 17.4 Å². The van der Waals surface area contributed by atoms with E-state index in [-0.39, 0.29) is 22.1 Å². The van der Waals surface area contributed by atoms with E-state index in [2.05, 4.69) is 5.32 Å². The van der Waals surface area contributed by atoms with Gasteiger partial charge in [-0.25, -0.2) is 4.39 Å². The van der Waals surface area contributed by atoms with Crippen LogP contribution < -0.4 is 10.1 Å². The molecule has 126 valence electrons. The molecule has 1 N–H and O–H groups in total. The normalized spacial score (nSPS) is 10.3. The molecule has 0 aliphatic carbocycles. The van der Waals surface area contributed by atoms with Gasteiger partial charge < -0.3 is 10.1 Å². The van der Waals surface area contributed by atoms with Crippen LogP contribution in [0.1, 0.15) is 11.1 Å². The molecular formula is C16H14ClFN2O4. The van der Waals surface area contributed by atoms with E-state index in [0.29, 0.717) is 0 Å². The van der Waals surface area contributed by atoms with Crippen molar-refractivity contribution in [2.45, 2.75) is 13.8 Å². The second-order valence-corrected chi connectivity index (χ2v) is 5.53. The maximum absolute atomic E-state index is 13.0. The van der Waals surface area contributed by atoms with E-state index in [1.54, 1.807) is 13.8 Å². The van der Waals surface area contributed by atoms with Gasteiger partial charge in [-0.2, -0.15) is 0 Å². The molecule has 24 heavy (non-hydrogen) atoms. The van der Waals surface area contributed by atoms with Gasteiger partial charge in [-0.1, -0.05) is 11.6 Å². The van der Waals surface area contributed by atoms with Gasteiger partial charge in [0.2, 0.25) is 0 Å². The molecule has 1 amide bonds. The zero-order chi connectivity index (χ0) is 17.9. The Labute approximate surface area is 142 Å². The standard InChI is InChI=1S/C16H14ClFN2O4/c1-9-5-14(15(20(22)23)6-10(9)2)19-16(21)8-24-11-3-4-13(18)12(17)7-11/h3-7H,8H2,1-2H3,(H,19,21). The number of halogens is 2. The summed E-state index contributed by atoms with van der Waals surface area (Å²) in [5.41, 5.74) is 1.45. The first-order valence-corrected chi connectivity index (χ1v) is 7.29. The zero-order valence-electron chi connectivity index (χ0n) is 12.9. The average Bonchev–Trinajstić information content (AvgIpc) is 2.51. The van der Waals surface area contributed by atoms with Gasteiger partial charge in [-0.05, 0) is 43.2 Å². The second-order valence-electron chi connectivity index (χ2n) is 5.12. The molecule has 0 atom stereocenters. The molecule has 0 aromatic heterocycles. The summed E-state index contributed by atoms with van der Waals surface area (Å²) in [4.78, 5) is 22.5. The Balaban J connectivity index is 2.08. The number of ether oxygens (including phenoxy) is 1. The van der Waals surface area contributed by atoms with Gasteiger partial charge in [0, 0.05) is 12.1 Å². The van der Waals surface area contributed by atoms with Gasteiger partial charge in [0.25, 0.3) is 11.6 Å². The van der Waals surface area contributed by atoms with Gasteiger partial charge in [0.05, 0.1) is 9.95 Å². The summed E-state index contributed by atoms with van der Waals surface area (Å²) in [5.74, 6) is -0.966. The zero-order valence-corrected chi connectivity index (χ0v) is 13.7. The predicted molar refractivity (Wildman–Crippen MR) is 88.1 cm³/mol. The van der Waals surface area contributed by atoms with Crippen molar-refractivity contribution in [1.29, 1.82) is 0 Å². The number of nitrogens with one attached hydrogen (secondary N) is 1. The third kappa shape index (κ3) is 4.20. The minimum absolute atomic E-state index is 0.0915. The lowest BCUT2D eigenvalue weighted by atomic mass is 10.1. The molecule has 0 heterocycles. The molecule has 2 aromatic carbocycles. The highest BCUT2D eigenvalue weighted by Gasteiger charge is 2.17. The van der Waals surface area contributed by atoms with Crippen molar-refractivity contribution in [3.8, 4) is 5.75 Å². The van der Waals surface area contributed by atoms with Crippen molar-refractivity contribution in [2.24, 2.45) is 0 Å². The van der Waals surface area contributed by atoms with Crippen LogP contribution in [0.2, 0.25) is 5.02 Å². The number of aryl methyl sites for hydroxylation is 2. The molecule has 6 nitrogen and oxygen atoms in total. The SMILES string of the molecule is Cc1cc(NC(=O)COc2ccc(F)c(Cl)c2)c([N+](=O)[O-])cc1C. The Hall–Kier alpha value is -2.67. The predicted octanol–water partition coefficient (Wildman–Crippen LogP) is 4.02. The summed E-state index contributed by atoms with van der Waals surface area (Å²) in [5, 5.41) is 13.4. The van der Waals surface area contributed by atoms with Crippen LogP contribution in [-0.2, 0) is 4.79 Å². The molecule has 2 aromatic rings. The van der Waals surface area contributed by atoms with Gasteiger partial charge >= 0.3 is 0 Å². The third-order valence-electron chi connectivity index (χ3n) is 3.34. The molecule has 0 saturated heterocycles. The number of rotatable bonds is 5. The Morgan fingerprint density at radius 2 is 1.96 bits per heavy atom. The average molecular weight is 353 g/mol. The molecule has 0 bridgehead atoms. The monoisotopic (exact) mass is 352 g/mol. The van der Waals surface area contributed by atoms with E-state index in [9.17, 15) is 19.3 Å². The van der Waals surface area contributed by atoms with Gasteiger partial charge in [-0.3, -0.25) is 14.9 Å². The van der Waals surface area contributed by atoms with Crippen LogP contribution in [0.15, 0.2) is 30.3 Å². The molecule has 0 fully saturated rings. The van der Waals surface area contributed by atoms with Crippen molar-refractivity contribution >= 4 is 28.9 Å². The first kappa shape index (κ1) is 17.7. The molecule has 0 saturated carbocycles. The fraction of sp³-hybridized carbons (Fsp3) is 0.188. The number of amides is 1. The van der Waals surface area contributed by atoms with E-state index in [0.717, 1.165) is 17.2 Å². The summed E-state index contributed by atoms with van der Waals surface area (Å²) in [6.45, 7) is 3.13. The summed E-state index contributed by atoms with van der Waals surface area (Å²) < 4.78 is 18.2. The molecule has 0 aliphatic rings. The molecular weight excluding hydrogens is 339 g/mol. The summed E-state index contributed by atoms with van der Waals surface area (Å²) in [6, 6.07) is 6.60. The topological polar surface area (TPSA) is 81.5 Å². The number of nitrogens with zero attached hydrogens (tertiary/aromatic N) is 1. The van der Waals surface area contributed by atoms with Crippen molar-refractivity contribution in [1.82, 2.24) is 0 Å². The molecule has 8 heteroatoms. The van der Waals surface area contributed by atoms with Crippen molar-refractivity contribution < 1.29 is 18.8 Å². The number of nitro benzene ring substituents is 1. The van der Waals surface area contributed by atoms with E-state index in [1.165, 1.54) is 24.3 Å². The number of carbonyl (C=O) groups is 1. The summed E-state index contributed by atoms with van der Waals surface area (Å²) in [7, 11) is 0. The lowest BCUT2D eigenvalue weighted by Gasteiger charge is -2.10. The van der Waals surface area contributed by atoms with Crippen LogP contribution in [0, 0.1) is 29.8 Å². The highest BCUT2D eigenvalue weighted by atomic mass is 35.5. The van der Waals surface area contributed by atoms with Crippen LogP contribution in [0.3, 0.4) is 0 Å². The Morgan fingerprint density at radius 1 is 1.29 bits per heavy atom. The van der Waals surface area contributed by atoms with Gasteiger partial charge in [-0.15, -0.1) is 0 Å². The quantitative estimate of drug-likeness (QED) is 0.650. The molecule has 0 aliphatic heterocycles. The number of benzene rings is 2. The number of hydrogen-bond acceptors (Lipinski definition) is 4. The van der Waals surface area contributed by atoms with E-state index < -0.39 is 23.3 Å². The van der Waals surface area contributed by atoms with E-state index in [1.807, 2.05) is 0 Å². The number of carbonyl (C=O) groups excluding carboxylic acids is 1. The number of nitro groups is 1. The highest BCUT2D eigenvalue weighted by molar-refractivity contribution is 6.30. The fourth-order valence-electron chi connectivity index (χ4n) is 1.95. The molecule has 2 rings (SSSR count). The largest absolute Gasteiger partial charge is 0.484 e. The van der Waals surface area contributed by atoms with Crippen LogP contribution in [0.4, 0.5) is 15.8 Å². The Bertz CT molecular complexity index is 811. The lowest BCUT2D eigenvalue weighted by Crippen LogP contribution is -2.21. The van der Waals surface area contributed by atoms with Crippen molar-refractivity contribution in [2.75, 3.05) is 11.9 Å². The van der Waals surface area contributed by atoms with Crippen molar-refractivity contribution in [3.63, 3.8) is 0 Å². The Morgan fingerprint density at radius 3 is 2.58 bits per heavy atom. The summed E-state index contributed by atoms with van der Waals surface area (Å²) >= 11 is 5.62. The van der Waals surface area contributed by atoms with Crippen LogP contribution in [0.25, 0.3) is 0 Å². The van der Waals surface area contributed by atoms with E-state index in [4.69, 9.17) is 16.3 Å². The third-order valence-corrected chi connectivity index (χ3v) is 3.63. The maximum atomic E-state index is 13.0. The first-order chi connectivity index (χ1) is 11.3. The van der Waals surface area contributed by atoms with Gasteiger partial charge in [0.15, 0.2) is 6.61 Å². The first-order valence-electron chi connectivity index (χ1n) is 6.91. The smallest absolute Gasteiger partial charge is 0.293 e. The minimum Gasteiger partial charge on any atom is -0.484 e. The number of hydrogen-bond donors (Lipinski definition) is 1. The van der Waals surface area contributed by atoms with Crippen LogP contribution >= 0.6 is 11.6 Å². The Kier molecular flexibility index (Phi) is 5.35.